The molecule has 4 aromatic rings. The number of aryl methyl sites for hydroxylation is 1. The first-order chi connectivity index (χ1) is 12.6. The zero-order valence-electron chi connectivity index (χ0n) is 14.3. The van der Waals surface area contributed by atoms with Crippen LogP contribution < -0.4 is 5.73 Å². The molecule has 0 unspecified atom stereocenters. The van der Waals surface area contributed by atoms with Crippen molar-refractivity contribution in [3.05, 3.63) is 83.3 Å². The molecule has 2 heterocycles. The van der Waals surface area contributed by atoms with Crippen LogP contribution in [-0.2, 0) is 6.42 Å². The Morgan fingerprint density at radius 2 is 1.65 bits per heavy atom. The Kier molecular flexibility index (Phi) is 4.05. The number of nitrogens with two attached hydrogens (primary N) is 1. The van der Waals surface area contributed by atoms with E-state index in [-0.39, 0.29) is 11.8 Å². The first-order valence-corrected chi connectivity index (χ1v) is 8.34. The lowest BCUT2D eigenvalue weighted by atomic mass is 10.0. The standard InChI is InChI=1S/C21H17FN4/c1-13-4-2-3-5-15(13)12-19-20-18(25-21(23)26-19)11-10-17(24-20)14-6-8-16(22)9-7-14/h2-11H,12H2,1H3,(H2,23,25,26). The third-order valence-corrected chi connectivity index (χ3v) is 4.39. The second kappa shape index (κ2) is 6.52. The number of fused-ring (bicyclic) bond motifs is 1. The number of nitrogens with zero attached hydrogens (tertiary/aromatic N) is 3. The van der Waals surface area contributed by atoms with E-state index < -0.39 is 0 Å². The Labute approximate surface area is 150 Å². The lowest BCUT2D eigenvalue weighted by Crippen LogP contribution is -2.04. The maximum Gasteiger partial charge on any atom is 0.220 e. The van der Waals surface area contributed by atoms with Crippen molar-refractivity contribution in [3.8, 4) is 11.3 Å². The highest BCUT2D eigenvalue weighted by Gasteiger charge is 2.11. The molecule has 2 N–H and O–H groups in total. The van der Waals surface area contributed by atoms with E-state index in [9.17, 15) is 4.39 Å². The maximum absolute atomic E-state index is 13.2. The summed E-state index contributed by atoms with van der Waals surface area (Å²) in [5.74, 6) is -0.0386. The van der Waals surface area contributed by atoms with E-state index in [2.05, 4.69) is 29.0 Å². The third-order valence-electron chi connectivity index (χ3n) is 4.39. The highest BCUT2D eigenvalue weighted by Crippen LogP contribution is 2.24. The number of nitrogen functional groups attached to an aromatic ring is 1. The second-order valence-corrected chi connectivity index (χ2v) is 6.20. The van der Waals surface area contributed by atoms with Gasteiger partial charge in [0, 0.05) is 12.0 Å². The molecule has 2 aromatic carbocycles. The molecule has 4 nitrogen and oxygen atoms in total. The van der Waals surface area contributed by atoms with Gasteiger partial charge in [-0.3, -0.25) is 0 Å². The summed E-state index contributed by atoms with van der Waals surface area (Å²) in [6, 6.07) is 18.2. The number of halogens is 1. The molecule has 5 heteroatoms. The monoisotopic (exact) mass is 344 g/mol. The Hall–Kier alpha value is -3.34. The predicted octanol–water partition coefficient (Wildman–Crippen LogP) is 4.31. The van der Waals surface area contributed by atoms with Gasteiger partial charge in [0.15, 0.2) is 0 Å². The number of aromatic nitrogens is 3. The minimum atomic E-state index is -0.272. The molecule has 0 amide bonds. The van der Waals surface area contributed by atoms with Crippen molar-refractivity contribution in [2.24, 2.45) is 0 Å². The summed E-state index contributed by atoms with van der Waals surface area (Å²) in [6.07, 6.45) is 0.621. The van der Waals surface area contributed by atoms with E-state index in [0.717, 1.165) is 17.0 Å². The van der Waals surface area contributed by atoms with Gasteiger partial charge in [-0.1, -0.05) is 24.3 Å². The number of benzene rings is 2. The summed E-state index contributed by atoms with van der Waals surface area (Å²) in [5.41, 5.74) is 12.0. The number of hydrogen-bond acceptors (Lipinski definition) is 4. The largest absolute Gasteiger partial charge is 0.368 e. The van der Waals surface area contributed by atoms with Gasteiger partial charge in [0.1, 0.15) is 11.3 Å². The molecule has 0 aliphatic carbocycles. The highest BCUT2D eigenvalue weighted by atomic mass is 19.1. The zero-order valence-corrected chi connectivity index (χ0v) is 14.3. The van der Waals surface area contributed by atoms with E-state index in [4.69, 9.17) is 10.7 Å². The summed E-state index contributed by atoms with van der Waals surface area (Å²) in [7, 11) is 0. The normalized spacial score (nSPS) is 11.0. The van der Waals surface area contributed by atoms with E-state index in [1.165, 1.54) is 23.3 Å². The van der Waals surface area contributed by atoms with Crippen LogP contribution in [0.15, 0.2) is 60.7 Å². The van der Waals surface area contributed by atoms with Crippen LogP contribution in [0, 0.1) is 12.7 Å². The summed E-state index contributed by atoms with van der Waals surface area (Å²) in [6.45, 7) is 2.07. The van der Waals surface area contributed by atoms with E-state index in [0.29, 0.717) is 17.5 Å². The third kappa shape index (κ3) is 3.11. The highest BCUT2D eigenvalue weighted by molar-refractivity contribution is 5.81. The lowest BCUT2D eigenvalue weighted by molar-refractivity contribution is 0.628. The van der Waals surface area contributed by atoms with Gasteiger partial charge in [-0.05, 0) is 54.4 Å². The fourth-order valence-electron chi connectivity index (χ4n) is 2.99. The molecular weight excluding hydrogens is 327 g/mol. The van der Waals surface area contributed by atoms with Crippen molar-refractivity contribution in [1.29, 1.82) is 0 Å². The smallest absolute Gasteiger partial charge is 0.220 e. The Bertz CT molecular complexity index is 1090. The van der Waals surface area contributed by atoms with Crippen LogP contribution in [0.2, 0.25) is 0 Å². The lowest BCUT2D eigenvalue weighted by Gasteiger charge is -2.10. The molecule has 0 fully saturated rings. The van der Waals surface area contributed by atoms with Gasteiger partial charge < -0.3 is 5.73 Å². The SMILES string of the molecule is Cc1ccccc1Cc1nc(N)nc2ccc(-c3ccc(F)cc3)nc12. The van der Waals surface area contributed by atoms with Crippen LogP contribution in [0.25, 0.3) is 22.3 Å². The van der Waals surface area contributed by atoms with E-state index in [1.807, 2.05) is 24.3 Å². The molecule has 0 aliphatic heterocycles. The zero-order chi connectivity index (χ0) is 18.1. The van der Waals surface area contributed by atoms with Crippen molar-refractivity contribution < 1.29 is 4.39 Å². The van der Waals surface area contributed by atoms with Gasteiger partial charge >= 0.3 is 0 Å². The number of pyridine rings is 1. The molecule has 0 aliphatic rings. The fraction of sp³-hybridized carbons (Fsp3) is 0.0952. The molecule has 0 radical (unpaired) electrons. The van der Waals surface area contributed by atoms with Gasteiger partial charge in [0.2, 0.25) is 5.95 Å². The van der Waals surface area contributed by atoms with Crippen LogP contribution in [0.3, 0.4) is 0 Å². The molecule has 0 spiro atoms. The van der Waals surface area contributed by atoms with Crippen molar-refractivity contribution in [2.45, 2.75) is 13.3 Å². The minimum Gasteiger partial charge on any atom is -0.368 e. The molecule has 4 rings (SSSR count). The quantitative estimate of drug-likeness (QED) is 0.601. The molecule has 0 saturated heterocycles. The second-order valence-electron chi connectivity index (χ2n) is 6.20. The summed E-state index contributed by atoms with van der Waals surface area (Å²) in [4.78, 5) is 13.5. The van der Waals surface area contributed by atoms with Gasteiger partial charge in [-0.25, -0.2) is 19.3 Å². The van der Waals surface area contributed by atoms with Crippen LogP contribution in [-0.4, -0.2) is 15.0 Å². The Morgan fingerprint density at radius 1 is 0.885 bits per heavy atom. The molecule has 0 atom stereocenters. The average Bonchev–Trinajstić information content (AvgIpc) is 2.64. The van der Waals surface area contributed by atoms with Crippen molar-refractivity contribution >= 4 is 17.0 Å². The first kappa shape index (κ1) is 16.1. The number of anilines is 1. The van der Waals surface area contributed by atoms with Gasteiger partial charge in [0.25, 0.3) is 0 Å². The van der Waals surface area contributed by atoms with E-state index >= 15 is 0 Å². The van der Waals surface area contributed by atoms with Crippen LogP contribution in [0.5, 0.6) is 0 Å². The predicted molar refractivity (Wildman–Crippen MR) is 101 cm³/mol. The van der Waals surface area contributed by atoms with Crippen molar-refractivity contribution in [3.63, 3.8) is 0 Å². The number of rotatable bonds is 3. The Balaban J connectivity index is 1.84. The summed E-state index contributed by atoms with van der Waals surface area (Å²) in [5, 5.41) is 0. The summed E-state index contributed by atoms with van der Waals surface area (Å²) >= 11 is 0. The minimum absolute atomic E-state index is 0.234. The van der Waals surface area contributed by atoms with Gasteiger partial charge in [0.05, 0.1) is 16.9 Å². The molecular formula is C21H17FN4. The van der Waals surface area contributed by atoms with Crippen molar-refractivity contribution in [1.82, 2.24) is 15.0 Å². The van der Waals surface area contributed by atoms with Crippen LogP contribution in [0.1, 0.15) is 16.8 Å². The molecule has 0 bridgehead atoms. The fourth-order valence-corrected chi connectivity index (χ4v) is 2.99. The molecule has 0 saturated carbocycles. The molecule has 26 heavy (non-hydrogen) atoms. The van der Waals surface area contributed by atoms with Gasteiger partial charge in [-0.2, -0.15) is 0 Å². The summed E-state index contributed by atoms with van der Waals surface area (Å²) < 4.78 is 13.2. The van der Waals surface area contributed by atoms with Crippen molar-refractivity contribution in [2.75, 3.05) is 5.73 Å². The number of hydrogen-bond donors (Lipinski definition) is 1. The molecule has 128 valence electrons. The topological polar surface area (TPSA) is 64.7 Å². The molecule has 2 aromatic heterocycles. The van der Waals surface area contributed by atoms with Gasteiger partial charge in [-0.15, -0.1) is 0 Å². The Morgan fingerprint density at radius 3 is 2.42 bits per heavy atom. The average molecular weight is 344 g/mol. The first-order valence-electron chi connectivity index (χ1n) is 8.34. The van der Waals surface area contributed by atoms with Crippen LogP contribution in [0.4, 0.5) is 10.3 Å². The van der Waals surface area contributed by atoms with E-state index in [1.54, 1.807) is 12.1 Å². The van der Waals surface area contributed by atoms with Crippen LogP contribution >= 0.6 is 0 Å². The maximum atomic E-state index is 13.2.